The molecule has 0 saturated carbocycles. The van der Waals surface area contributed by atoms with E-state index in [0.717, 1.165) is 12.8 Å². The number of hydrogen-bond donors (Lipinski definition) is 3. The molecule has 6 amide bonds. The van der Waals surface area contributed by atoms with E-state index >= 15 is 0 Å². The van der Waals surface area contributed by atoms with E-state index in [1.165, 1.54) is 28.7 Å². The first-order valence-corrected chi connectivity index (χ1v) is 17.8. The second-order valence-electron chi connectivity index (χ2n) is 14.4. The van der Waals surface area contributed by atoms with Gasteiger partial charge in [-0.3, -0.25) is 28.8 Å². The topological polar surface area (TPSA) is 162 Å². The van der Waals surface area contributed by atoms with E-state index in [2.05, 4.69) is 16.6 Å². The first-order valence-electron chi connectivity index (χ1n) is 17.8. The minimum absolute atomic E-state index is 0.151. The van der Waals surface area contributed by atoms with Crippen LogP contribution in [-0.4, -0.2) is 101 Å². The molecule has 12 heteroatoms. The molecule has 4 N–H and O–H groups in total. The van der Waals surface area contributed by atoms with Crippen molar-refractivity contribution in [3.63, 3.8) is 0 Å². The third kappa shape index (κ3) is 13.0. The summed E-state index contributed by atoms with van der Waals surface area (Å²) in [5.41, 5.74) is 5.36. The van der Waals surface area contributed by atoms with Gasteiger partial charge < -0.3 is 31.1 Å². The molecule has 0 aliphatic carbocycles. The van der Waals surface area contributed by atoms with Gasteiger partial charge in [0.05, 0.1) is 0 Å². The second-order valence-corrected chi connectivity index (χ2v) is 14.4. The van der Waals surface area contributed by atoms with E-state index in [1.54, 1.807) is 14.1 Å². The fraction of sp³-hybridized carbons (Fsp3) is 0.784. The van der Waals surface area contributed by atoms with Gasteiger partial charge >= 0.3 is 0 Å². The van der Waals surface area contributed by atoms with E-state index in [-0.39, 0.29) is 41.4 Å². The maximum atomic E-state index is 14.1. The van der Waals surface area contributed by atoms with E-state index in [4.69, 9.17) is 12.2 Å². The highest BCUT2D eigenvalue weighted by Crippen LogP contribution is 2.23. The van der Waals surface area contributed by atoms with Crippen LogP contribution in [0.4, 0.5) is 0 Å². The van der Waals surface area contributed by atoms with Crippen molar-refractivity contribution in [2.45, 2.75) is 138 Å². The van der Waals surface area contributed by atoms with Crippen molar-refractivity contribution in [3.8, 4) is 12.3 Å². The van der Waals surface area contributed by atoms with Gasteiger partial charge in [0.2, 0.25) is 35.4 Å². The molecule has 0 aromatic carbocycles. The second kappa shape index (κ2) is 21.5. The van der Waals surface area contributed by atoms with Crippen LogP contribution in [0.5, 0.6) is 0 Å². The Kier molecular flexibility index (Phi) is 19.9. The number of primary amides is 1. The van der Waals surface area contributed by atoms with E-state index in [0.29, 0.717) is 25.7 Å². The molecule has 0 heterocycles. The van der Waals surface area contributed by atoms with Crippen LogP contribution < -0.4 is 16.4 Å². The third-order valence-corrected chi connectivity index (χ3v) is 9.72. The van der Waals surface area contributed by atoms with Gasteiger partial charge in [-0.1, -0.05) is 81.6 Å². The van der Waals surface area contributed by atoms with E-state index < -0.39 is 53.8 Å². The lowest BCUT2D eigenvalue weighted by atomic mass is 9.92. The van der Waals surface area contributed by atoms with Gasteiger partial charge in [0.25, 0.3) is 0 Å². The summed E-state index contributed by atoms with van der Waals surface area (Å²) >= 11 is 0. The summed E-state index contributed by atoms with van der Waals surface area (Å²) in [6.07, 6.45) is 9.41. The fourth-order valence-corrected chi connectivity index (χ4v) is 6.14. The Balaban J connectivity index is 6.35. The molecule has 49 heavy (non-hydrogen) atoms. The normalized spacial score (nSPS) is 16.2. The average Bonchev–Trinajstić information content (AvgIpc) is 3.03. The summed E-state index contributed by atoms with van der Waals surface area (Å²) in [4.78, 5) is 84.9. The number of nitrogens with one attached hydrogen (secondary N) is 2. The number of carbonyl (C=O) groups is 6. The minimum Gasteiger partial charge on any atom is -0.368 e. The quantitative estimate of drug-likeness (QED) is 0.124. The first kappa shape index (κ1) is 45.4. The van der Waals surface area contributed by atoms with Gasteiger partial charge in [-0.2, -0.15) is 0 Å². The molecule has 0 aliphatic heterocycles. The number of unbranched alkanes of at least 4 members (excludes halogenated alkanes) is 2. The zero-order chi connectivity index (χ0) is 38.3. The number of carbonyl (C=O) groups excluding carboxylic acids is 6. The minimum atomic E-state index is -0.999. The number of nitrogens with zero attached hydrogens (tertiary/aromatic N) is 3. The van der Waals surface area contributed by atoms with Gasteiger partial charge in [-0.15, -0.1) is 12.3 Å². The SMILES string of the molecule is C#CCCCC[C@@H](C)C(=O)N(C)[C@H](C(=O)N(C)[C@H](C(=O)N[C@H](C(=O)N(C)[C@H](C(=O)N[C@@H](C)C(N)=O)[C@H](C)CC)[C@H](C)CC)C(C)C)C(C)C. The van der Waals surface area contributed by atoms with Crippen molar-refractivity contribution in [1.29, 1.82) is 0 Å². The van der Waals surface area contributed by atoms with Gasteiger partial charge in [0, 0.05) is 33.5 Å². The lowest BCUT2D eigenvalue weighted by molar-refractivity contribution is -0.152. The molecule has 0 aromatic heterocycles. The molecule has 0 fully saturated rings. The van der Waals surface area contributed by atoms with Crippen molar-refractivity contribution < 1.29 is 28.8 Å². The Bertz CT molecular complexity index is 1170. The zero-order valence-corrected chi connectivity index (χ0v) is 32.5. The van der Waals surface area contributed by atoms with Gasteiger partial charge in [-0.25, -0.2) is 0 Å². The standard InChI is InChI=1S/C37H66N6O6/c1-15-18-19-20-21-26(10)35(47)42(13)30(23(6)7)37(49)41(12)29(22(4)5)33(45)40-28(24(8)16-2)36(48)43(14)31(25(9)17-3)34(46)39-27(11)32(38)44/h1,22-31H,16-21H2,2-14H3,(H2,38,44)(H,39,46)(H,40,45)/t24-,25-,26-,27+,28+,29+,30+,31+/m1/s1. The molecule has 0 saturated heterocycles. The number of likely N-dealkylation sites (N-methyl/N-ethyl adjacent to an activating group) is 3. The van der Waals surface area contributed by atoms with Crippen LogP contribution in [0.15, 0.2) is 0 Å². The number of amides is 6. The maximum absolute atomic E-state index is 14.1. The lowest BCUT2D eigenvalue weighted by Crippen LogP contribution is -2.62. The number of rotatable bonds is 21. The number of hydrogen-bond acceptors (Lipinski definition) is 6. The van der Waals surface area contributed by atoms with Crippen LogP contribution in [0, 0.1) is 41.9 Å². The summed E-state index contributed by atoms with van der Waals surface area (Å²) in [5.74, 6) is -1.57. The van der Waals surface area contributed by atoms with Gasteiger partial charge in [0.15, 0.2) is 0 Å². The zero-order valence-electron chi connectivity index (χ0n) is 32.5. The molecule has 0 spiro atoms. The van der Waals surface area contributed by atoms with Crippen molar-refractivity contribution in [2.24, 2.45) is 35.3 Å². The average molecular weight is 691 g/mol. The van der Waals surface area contributed by atoms with Crippen molar-refractivity contribution >= 4 is 35.4 Å². The molecule has 0 radical (unpaired) electrons. The molecule has 0 rings (SSSR count). The highest BCUT2D eigenvalue weighted by Gasteiger charge is 2.41. The Morgan fingerprint density at radius 3 is 1.57 bits per heavy atom. The van der Waals surface area contributed by atoms with Crippen LogP contribution >= 0.6 is 0 Å². The summed E-state index contributed by atoms with van der Waals surface area (Å²) in [7, 11) is 4.70. The maximum Gasteiger partial charge on any atom is 0.246 e. The molecule has 0 bridgehead atoms. The number of terminal acetylenes is 1. The van der Waals surface area contributed by atoms with Gasteiger partial charge in [0.1, 0.15) is 30.2 Å². The largest absolute Gasteiger partial charge is 0.368 e. The fourth-order valence-electron chi connectivity index (χ4n) is 6.14. The summed E-state index contributed by atoms with van der Waals surface area (Å²) in [6, 6.07) is -4.62. The van der Waals surface area contributed by atoms with Crippen LogP contribution in [-0.2, 0) is 28.8 Å². The summed E-state index contributed by atoms with van der Waals surface area (Å²) in [5, 5.41) is 5.52. The van der Waals surface area contributed by atoms with Crippen molar-refractivity contribution in [1.82, 2.24) is 25.3 Å². The predicted octanol–water partition coefficient (Wildman–Crippen LogP) is 3.18. The highest BCUT2D eigenvalue weighted by molar-refractivity contribution is 5.96. The Morgan fingerprint density at radius 2 is 1.12 bits per heavy atom. The molecule has 0 unspecified atom stereocenters. The van der Waals surface area contributed by atoms with Crippen LogP contribution in [0.25, 0.3) is 0 Å². The highest BCUT2D eigenvalue weighted by atomic mass is 16.2. The monoisotopic (exact) mass is 691 g/mol. The predicted molar refractivity (Wildman–Crippen MR) is 193 cm³/mol. The van der Waals surface area contributed by atoms with Crippen LogP contribution in [0.3, 0.4) is 0 Å². The molecule has 0 aromatic rings. The van der Waals surface area contributed by atoms with Crippen molar-refractivity contribution in [2.75, 3.05) is 21.1 Å². The summed E-state index contributed by atoms with van der Waals surface area (Å²) < 4.78 is 0. The molecule has 0 aliphatic rings. The summed E-state index contributed by atoms with van der Waals surface area (Å²) in [6.45, 7) is 18.2. The third-order valence-electron chi connectivity index (χ3n) is 9.72. The Hall–Kier alpha value is -3.62. The molecule has 12 nitrogen and oxygen atoms in total. The van der Waals surface area contributed by atoms with Crippen molar-refractivity contribution in [3.05, 3.63) is 0 Å². The first-order chi connectivity index (χ1) is 22.7. The van der Waals surface area contributed by atoms with Crippen LogP contribution in [0.2, 0.25) is 0 Å². The smallest absolute Gasteiger partial charge is 0.246 e. The van der Waals surface area contributed by atoms with Gasteiger partial charge in [-0.05, 0) is 43.4 Å². The van der Waals surface area contributed by atoms with E-state index in [9.17, 15) is 28.8 Å². The molecule has 8 atom stereocenters. The Labute approximate surface area is 296 Å². The Morgan fingerprint density at radius 1 is 0.653 bits per heavy atom. The van der Waals surface area contributed by atoms with E-state index in [1.807, 2.05) is 62.3 Å². The van der Waals surface area contributed by atoms with Crippen LogP contribution in [0.1, 0.15) is 108 Å². The lowest BCUT2D eigenvalue weighted by Gasteiger charge is -2.39. The molecular formula is C37H66N6O6. The number of nitrogens with two attached hydrogens (primary N) is 1. The molecule has 280 valence electrons. The molecular weight excluding hydrogens is 624 g/mol.